The van der Waals surface area contributed by atoms with Gasteiger partial charge >= 0.3 is 0 Å². The average Bonchev–Trinajstić information content (AvgIpc) is 3.56. The standard InChI is InChI=1S/C28H36N4O2S.C7H6F2/c1-4-6-14-32(3)28(34)25-18-23(17-24(19-25)27-31-13-15-35-27)26(33)30-12-8-11-29-20-22-10-7-9-21(5-2)16-22;1-5-2-6(8)4-7(9)3-5/h7,9-10,13,15-19,29H,4-6,8,11-12,14,20H2,1-3H3,(H,30,33);2-4H,1H3. The predicted molar refractivity (Wildman–Crippen MR) is 175 cm³/mol. The highest BCUT2D eigenvalue weighted by Gasteiger charge is 2.17. The lowest BCUT2D eigenvalue weighted by Gasteiger charge is -2.18. The molecule has 234 valence electrons. The molecule has 4 rings (SSSR count). The molecule has 44 heavy (non-hydrogen) atoms. The number of aromatic nitrogens is 1. The monoisotopic (exact) mass is 620 g/mol. The van der Waals surface area contributed by atoms with Crippen LogP contribution in [0.15, 0.2) is 72.2 Å². The molecule has 9 heteroatoms. The smallest absolute Gasteiger partial charge is 0.253 e. The minimum absolute atomic E-state index is 0.0813. The molecule has 0 saturated carbocycles. The van der Waals surface area contributed by atoms with Gasteiger partial charge in [0, 0.05) is 61.0 Å². The molecule has 6 nitrogen and oxygen atoms in total. The zero-order valence-electron chi connectivity index (χ0n) is 26.0. The van der Waals surface area contributed by atoms with Crippen molar-refractivity contribution >= 4 is 23.2 Å². The number of amides is 2. The highest BCUT2D eigenvalue weighted by molar-refractivity contribution is 7.13. The highest BCUT2D eigenvalue weighted by Crippen LogP contribution is 2.25. The summed E-state index contributed by atoms with van der Waals surface area (Å²) in [5.74, 6) is -1.30. The van der Waals surface area contributed by atoms with E-state index >= 15 is 0 Å². The van der Waals surface area contributed by atoms with Crippen LogP contribution in [-0.2, 0) is 13.0 Å². The Labute approximate surface area is 263 Å². The molecule has 0 radical (unpaired) electrons. The van der Waals surface area contributed by atoms with Gasteiger partial charge in [0.2, 0.25) is 0 Å². The summed E-state index contributed by atoms with van der Waals surface area (Å²) in [6.45, 7) is 8.77. The maximum atomic E-state index is 13.0. The Morgan fingerprint density at radius 1 is 0.909 bits per heavy atom. The first kappa shape index (κ1) is 34.5. The van der Waals surface area contributed by atoms with Crippen molar-refractivity contribution in [2.75, 3.05) is 26.7 Å². The number of benzene rings is 3. The molecule has 0 spiro atoms. The number of hydrogen-bond acceptors (Lipinski definition) is 5. The molecular weight excluding hydrogens is 578 g/mol. The van der Waals surface area contributed by atoms with Crippen molar-refractivity contribution in [2.45, 2.75) is 53.0 Å². The maximum absolute atomic E-state index is 13.0. The molecule has 0 saturated heterocycles. The lowest BCUT2D eigenvalue weighted by atomic mass is 10.0. The summed E-state index contributed by atoms with van der Waals surface area (Å²) in [4.78, 5) is 32.0. The Bertz CT molecular complexity index is 1440. The van der Waals surface area contributed by atoms with Crippen molar-refractivity contribution < 1.29 is 18.4 Å². The zero-order chi connectivity index (χ0) is 31.9. The van der Waals surface area contributed by atoms with Gasteiger partial charge < -0.3 is 15.5 Å². The van der Waals surface area contributed by atoms with Crippen LogP contribution in [0.25, 0.3) is 10.6 Å². The minimum Gasteiger partial charge on any atom is -0.352 e. The van der Waals surface area contributed by atoms with E-state index in [0.29, 0.717) is 29.8 Å². The van der Waals surface area contributed by atoms with Crippen molar-refractivity contribution in [3.8, 4) is 10.6 Å². The van der Waals surface area contributed by atoms with Crippen LogP contribution < -0.4 is 10.6 Å². The van der Waals surface area contributed by atoms with Crippen LogP contribution in [0.3, 0.4) is 0 Å². The van der Waals surface area contributed by atoms with Crippen molar-refractivity contribution in [1.82, 2.24) is 20.5 Å². The molecule has 4 aromatic rings. The molecule has 0 bridgehead atoms. The number of halogens is 2. The second-order valence-electron chi connectivity index (χ2n) is 10.6. The topological polar surface area (TPSA) is 74.3 Å². The fourth-order valence-corrected chi connectivity index (χ4v) is 5.12. The Morgan fingerprint density at radius 2 is 1.64 bits per heavy atom. The van der Waals surface area contributed by atoms with E-state index in [9.17, 15) is 18.4 Å². The molecule has 0 atom stereocenters. The van der Waals surface area contributed by atoms with Crippen LogP contribution in [0, 0.1) is 18.6 Å². The van der Waals surface area contributed by atoms with E-state index in [1.54, 1.807) is 31.1 Å². The first-order valence-corrected chi connectivity index (χ1v) is 15.9. The number of aryl methyl sites for hydroxylation is 2. The zero-order valence-corrected chi connectivity index (χ0v) is 26.8. The third-order valence-electron chi connectivity index (χ3n) is 6.87. The Kier molecular flexibility index (Phi) is 14.1. The Hall–Kier alpha value is -3.95. The van der Waals surface area contributed by atoms with Gasteiger partial charge in [-0.2, -0.15) is 0 Å². The average molecular weight is 621 g/mol. The second kappa shape index (κ2) is 18.0. The van der Waals surface area contributed by atoms with E-state index in [2.05, 4.69) is 53.7 Å². The van der Waals surface area contributed by atoms with E-state index in [4.69, 9.17) is 0 Å². The van der Waals surface area contributed by atoms with Gasteiger partial charge in [-0.25, -0.2) is 13.8 Å². The first-order valence-electron chi connectivity index (χ1n) is 15.0. The van der Waals surface area contributed by atoms with Gasteiger partial charge in [-0.3, -0.25) is 9.59 Å². The SMILES string of the molecule is CCCCN(C)C(=O)c1cc(C(=O)NCCCNCc2cccc(CC)c2)cc(-c2nccs2)c1.Cc1cc(F)cc(F)c1. The molecule has 3 aromatic carbocycles. The molecule has 1 heterocycles. The van der Waals surface area contributed by atoms with Crippen LogP contribution in [-0.4, -0.2) is 48.4 Å². The lowest BCUT2D eigenvalue weighted by molar-refractivity contribution is 0.0793. The van der Waals surface area contributed by atoms with E-state index in [0.717, 1.165) is 55.4 Å². The maximum Gasteiger partial charge on any atom is 0.253 e. The van der Waals surface area contributed by atoms with E-state index < -0.39 is 11.6 Å². The molecule has 2 amide bonds. The normalized spacial score (nSPS) is 10.6. The van der Waals surface area contributed by atoms with Gasteiger partial charge in [0.05, 0.1) is 0 Å². The van der Waals surface area contributed by atoms with E-state index in [1.807, 2.05) is 17.5 Å². The largest absolute Gasteiger partial charge is 0.352 e. The van der Waals surface area contributed by atoms with Crippen molar-refractivity contribution in [3.05, 3.63) is 112 Å². The number of carbonyl (C=O) groups excluding carboxylic acids is 2. The van der Waals surface area contributed by atoms with E-state index in [1.165, 1.54) is 34.6 Å². The molecule has 0 aliphatic heterocycles. The molecular formula is C35H42F2N4O2S. The first-order chi connectivity index (χ1) is 21.2. The molecule has 2 N–H and O–H groups in total. The summed E-state index contributed by atoms with van der Waals surface area (Å²) in [6, 6.07) is 17.3. The Balaban J connectivity index is 0.000000502. The van der Waals surface area contributed by atoms with Crippen LogP contribution in [0.4, 0.5) is 8.78 Å². The van der Waals surface area contributed by atoms with Gasteiger partial charge in [-0.15, -0.1) is 11.3 Å². The summed E-state index contributed by atoms with van der Waals surface area (Å²) < 4.78 is 24.4. The number of carbonyl (C=O) groups is 2. The van der Waals surface area contributed by atoms with E-state index in [-0.39, 0.29) is 11.8 Å². The molecule has 0 aliphatic rings. The molecule has 0 unspecified atom stereocenters. The third-order valence-corrected chi connectivity index (χ3v) is 7.69. The fourth-order valence-electron chi connectivity index (χ4n) is 4.49. The van der Waals surface area contributed by atoms with Crippen LogP contribution in [0.1, 0.15) is 70.5 Å². The third kappa shape index (κ3) is 11.3. The number of thiazole rings is 1. The number of hydrogen-bond donors (Lipinski definition) is 2. The number of nitrogens with zero attached hydrogens (tertiary/aromatic N) is 2. The summed E-state index contributed by atoms with van der Waals surface area (Å²) in [5.41, 5.74) is 4.99. The van der Waals surface area contributed by atoms with Crippen LogP contribution in [0.2, 0.25) is 0 Å². The summed E-state index contributed by atoms with van der Waals surface area (Å²) in [7, 11) is 1.80. The quantitative estimate of drug-likeness (QED) is 0.153. The Morgan fingerprint density at radius 3 is 2.30 bits per heavy atom. The highest BCUT2D eigenvalue weighted by atomic mass is 32.1. The van der Waals surface area contributed by atoms with Crippen LogP contribution in [0.5, 0.6) is 0 Å². The molecule has 0 fully saturated rings. The molecule has 0 aliphatic carbocycles. The predicted octanol–water partition coefficient (Wildman–Crippen LogP) is 7.43. The minimum atomic E-state index is -0.521. The van der Waals surface area contributed by atoms with Crippen molar-refractivity contribution in [1.29, 1.82) is 0 Å². The van der Waals surface area contributed by atoms with Crippen molar-refractivity contribution in [3.63, 3.8) is 0 Å². The van der Waals surface area contributed by atoms with Crippen LogP contribution >= 0.6 is 11.3 Å². The summed E-state index contributed by atoms with van der Waals surface area (Å²) in [5, 5.41) is 9.12. The second-order valence-corrected chi connectivity index (χ2v) is 11.5. The fraction of sp³-hybridized carbons (Fsp3) is 0.343. The van der Waals surface area contributed by atoms with Gasteiger partial charge in [0.15, 0.2) is 0 Å². The number of nitrogens with one attached hydrogen (secondary N) is 2. The van der Waals surface area contributed by atoms with Gasteiger partial charge in [-0.05, 0) is 79.8 Å². The molecule has 1 aromatic heterocycles. The van der Waals surface area contributed by atoms with Gasteiger partial charge in [0.25, 0.3) is 11.8 Å². The summed E-state index contributed by atoms with van der Waals surface area (Å²) in [6.07, 6.45) is 5.54. The van der Waals surface area contributed by atoms with Gasteiger partial charge in [-0.1, -0.05) is 44.5 Å². The lowest BCUT2D eigenvalue weighted by Crippen LogP contribution is -2.29. The van der Waals surface area contributed by atoms with Gasteiger partial charge in [0.1, 0.15) is 16.6 Å². The van der Waals surface area contributed by atoms with Crippen molar-refractivity contribution in [2.24, 2.45) is 0 Å². The number of rotatable bonds is 13. The summed E-state index contributed by atoms with van der Waals surface area (Å²) >= 11 is 1.49. The number of unbranched alkanes of at least 4 members (excludes halogenated alkanes) is 1.